The van der Waals surface area contributed by atoms with Gasteiger partial charge in [0.2, 0.25) is 0 Å². The Kier molecular flexibility index (Phi) is 6.19. The molecule has 0 radical (unpaired) electrons. The van der Waals surface area contributed by atoms with Crippen LogP contribution in [0.5, 0.6) is 0 Å². The van der Waals surface area contributed by atoms with E-state index in [1.807, 2.05) is 48.7 Å². The Bertz CT molecular complexity index is 926. The minimum Gasteiger partial charge on any atom is -0.338 e. The predicted octanol–water partition coefficient (Wildman–Crippen LogP) is 3.46. The smallest absolute Gasteiger partial charge is 0.261 e. The average molecular weight is 407 g/mol. The number of fused-ring (bicyclic) bond motifs is 1. The third-order valence-electron chi connectivity index (χ3n) is 3.99. The van der Waals surface area contributed by atoms with Crippen molar-refractivity contribution in [3.63, 3.8) is 0 Å². The number of hydrogen-bond donors (Lipinski definition) is 1. The maximum atomic E-state index is 13.3. The van der Waals surface area contributed by atoms with E-state index >= 15 is 0 Å². The molecule has 1 amide bonds. The SMILES string of the molecule is CSc1ccccc1C(=O)N(CC[NH+](C)C)c1nc2ccc(Cl)cc2s1. The van der Waals surface area contributed by atoms with Crippen LogP contribution in [-0.4, -0.2) is 44.3 Å². The number of rotatable bonds is 6. The van der Waals surface area contributed by atoms with Crippen LogP contribution in [-0.2, 0) is 0 Å². The van der Waals surface area contributed by atoms with Gasteiger partial charge in [0.05, 0.1) is 43.0 Å². The summed E-state index contributed by atoms with van der Waals surface area (Å²) in [6.45, 7) is 1.45. The molecule has 1 N–H and O–H groups in total. The monoisotopic (exact) mass is 406 g/mol. The van der Waals surface area contributed by atoms with Crippen LogP contribution in [0.1, 0.15) is 10.4 Å². The van der Waals surface area contributed by atoms with E-state index in [0.29, 0.717) is 22.3 Å². The number of thiazole rings is 1. The second kappa shape index (κ2) is 8.39. The van der Waals surface area contributed by atoms with Gasteiger partial charge in [0, 0.05) is 9.92 Å². The molecule has 0 saturated heterocycles. The van der Waals surface area contributed by atoms with Crippen molar-refractivity contribution in [2.75, 3.05) is 38.3 Å². The lowest BCUT2D eigenvalue weighted by Crippen LogP contribution is -3.06. The van der Waals surface area contributed by atoms with Gasteiger partial charge in [-0.25, -0.2) is 4.98 Å². The number of aromatic nitrogens is 1. The quantitative estimate of drug-likeness (QED) is 0.637. The molecule has 7 heteroatoms. The summed E-state index contributed by atoms with van der Waals surface area (Å²) in [5.74, 6) is -0.0126. The van der Waals surface area contributed by atoms with E-state index < -0.39 is 0 Å². The molecule has 0 aliphatic rings. The van der Waals surface area contributed by atoms with Crippen LogP contribution in [0.3, 0.4) is 0 Å². The van der Waals surface area contributed by atoms with Gasteiger partial charge in [-0.1, -0.05) is 35.1 Å². The third kappa shape index (κ3) is 4.20. The first-order chi connectivity index (χ1) is 12.5. The molecule has 0 saturated carbocycles. The number of nitrogens with zero attached hydrogens (tertiary/aromatic N) is 2. The normalized spacial score (nSPS) is 11.3. The Morgan fingerprint density at radius 3 is 2.77 bits per heavy atom. The van der Waals surface area contributed by atoms with E-state index in [9.17, 15) is 4.79 Å². The van der Waals surface area contributed by atoms with Crippen molar-refractivity contribution in [1.29, 1.82) is 0 Å². The highest BCUT2D eigenvalue weighted by atomic mass is 35.5. The molecule has 136 valence electrons. The Morgan fingerprint density at radius 1 is 1.27 bits per heavy atom. The lowest BCUT2D eigenvalue weighted by Gasteiger charge is -2.21. The van der Waals surface area contributed by atoms with Crippen molar-refractivity contribution in [3.05, 3.63) is 53.1 Å². The standard InChI is InChI=1S/C19H20ClN3OS2/c1-22(2)10-11-23(18(24)14-6-4-5-7-16(14)25-3)19-21-15-9-8-13(20)12-17(15)26-19/h4-9,12H,10-11H2,1-3H3/p+1. The van der Waals surface area contributed by atoms with Gasteiger partial charge in [-0.2, -0.15) is 0 Å². The number of hydrogen-bond acceptors (Lipinski definition) is 4. The van der Waals surface area contributed by atoms with Gasteiger partial charge in [-0.3, -0.25) is 9.69 Å². The molecule has 26 heavy (non-hydrogen) atoms. The number of halogens is 1. The summed E-state index contributed by atoms with van der Waals surface area (Å²) in [6, 6.07) is 13.3. The van der Waals surface area contributed by atoms with Crippen molar-refractivity contribution in [2.24, 2.45) is 0 Å². The maximum Gasteiger partial charge on any atom is 0.261 e. The van der Waals surface area contributed by atoms with Gasteiger partial charge >= 0.3 is 0 Å². The average Bonchev–Trinajstić information content (AvgIpc) is 3.04. The fourth-order valence-corrected chi connectivity index (χ4v) is 4.44. The first kappa shape index (κ1) is 19.2. The summed E-state index contributed by atoms with van der Waals surface area (Å²) < 4.78 is 0.987. The molecule has 0 unspecified atom stereocenters. The van der Waals surface area contributed by atoms with Crippen LogP contribution in [0, 0.1) is 0 Å². The molecule has 2 aromatic carbocycles. The molecule has 0 atom stereocenters. The Hall–Kier alpha value is -1.60. The molecule has 3 aromatic rings. The van der Waals surface area contributed by atoms with Crippen LogP contribution >= 0.6 is 34.7 Å². The molecule has 4 nitrogen and oxygen atoms in total. The van der Waals surface area contributed by atoms with Gasteiger partial charge in [0.1, 0.15) is 0 Å². The maximum absolute atomic E-state index is 13.3. The van der Waals surface area contributed by atoms with Crippen LogP contribution < -0.4 is 9.80 Å². The zero-order valence-corrected chi connectivity index (χ0v) is 17.3. The van der Waals surface area contributed by atoms with E-state index in [2.05, 4.69) is 19.1 Å². The number of anilines is 1. The van der Waals surface area contributed by atoms with Crippen LogP contribution in [0.25, 0.3) is 10.2 Å². The fourth-order valence-electron chi connectivity index (χ4n) is 2.59. The molecule has 0 fully saturated rings. The van der Waals surface area contributed by atoms with E-state index in [0.717, 1.165) is 21.7 Å². The molecule has 0 bridgehead atoms. The van der Waals surface area contributed by atoms with Crippen molar-refractivity contribution in [2.45, 2.75) is 4.90 Å². The topological polar surface area (TPSA) is 37.6 Å². The second-order valence-electron chi connectivity index (χ2n) is 6.22. The second-order valence-corrected chi connectivity index (χ2v) is 8.52. The highest BCUT2D eigenvalue weighted by Crippen LogP contribution is 2.32. The molecule has 0 aliphatic carbocycles. The predicted molar refractivity (Wildman–Crippen MR) is 112 cm³/mol. The van der Waals surface area contributed by atoms with Crippen LogP contribution in [0.2, 0.25) is 5.02 Å². The minimum absolute atomic E-state index is 0.0126. The Morgan fingerprint density at radius 2 is 2.04 bits per heavy atom. The van der Waals surface area contributed by atoms with Gasteiger partial charge in [-0.05, 0) is 36.6 Å². The summed E-state index contributed by atoms with van der Waals surface area (Å²) in [7, 11) is 4.16. The number of amides is 1. The number of thioether (sulfide) groups is 1. The minimum atomic E-state index is -0.0126. The van der Waals surface area contributed by atoms with Crippen LogP contribution in [0.15, 0.2) is 47.4 Å². The first-order valence-corrected chi connectivity index (χ1v) is 10.7. The van der Waals surface area contributed by atoms with Crippen LogP contribution in [0.4, 0.5) is 5.13 Å². The number of quaternary nitrogens is 1. The van der Waals surface area contributed by atoms with Crippen molar-refractivity contribution in [1.82, 2.24) is 4.98 Å². The van der Waals surface area contributed by atoms with Gasteiger partial charge < -0.3 is 4.90 Å². The first-order valence-electron chi connectivity index (χ1n) is 8.29. The van der Waals surface area contributed by atoms with Crippen molar-refractivity contribution < 1.29 is 9.69 Å². The van der Waals surface area contributed by atoms with E-state index in [4.69, 9.17) is 11.6 Å². The zero-order valence-electron chi connectivity index (χ0n) is 15.0. The van der Waals surface area contributed by atoms with Gasteiger partial charge in [0.15, 0.2) is 5.13 Å². The van der Waals surface area contributed by atoms with Crippen molar-refractivity contribution in [3.8, 4) is 0 Å². The third-order valence-corrected chi connectivity index (χ3v) is 6.06. The lowest BCUT2D eigenvalue weighted by atomic mass is 10.2. The summed E-state index contributed by atoms with van der Waals surface area (Å²) in [4.78, 5) is 22.1. The molecular formula is C19H21ClN3OS2+. The lowest BCUT2D eigenvalue weighted by molar-refractivity contribution is -0.856. The summed E-state index contributed by atoms with van der Waals surface area (Å²) in [6.07, 6.45) is 1.99. The van der Waals surface area contributed by atoms with Gasteiger partial charge in [0.25, 0.3) is 5.91 Å². The zero-order chi connectivity index (χ0) is 18.7. The molecule has 3 rings (SSSR count). The highest BCUT2D eigenvalue weighted by Gasteiger charge is 2.24. The number of carbonyl (C=O) groups excluding carboxylic acids is 1. The number of likely N-dealkylation sites (N-methyl/N-ethyl adjacent to an activating group) is 1. The molecule has 1 aromatic heterocycles. The largest absolute Gasteiger partial charge is 0.338 e. The summed E-state index contributed by atoms with van der Waals surface area (Å²) in [5, 5.41) is 1.39. The number of carbonyl (C=O) groups is 1. The van der Waals surface area contributed by atoms with E-state index in [1.165, 1.54) is 16.2 Å². The molecular weight excluding hydrogens is 386 g/mol. The molecule has 1 heterocycles. The fraction of sp³-hybridized carbons (Fsp3) is 0.263. The number of nitrogens with one attached hydrogen (secondary N) is 1. The highest BCUT2D eigenvalue weighted by molar-refractivity contribution is 7.98. The van der Waals surface area contributed by atoms with Gasteiger partial charge in [-0.15, -0.1) is 11.8 Å². The summed E-state index contributed by atoms with van der Waals surface area (Å²) >= 11 is 9.18. The van der Waals surface area contributed by atoms with E-state index in [-0.39, 0.29) is 5.91 Å². The number of benzene rings is 2. The molecule has 0 aliphatic heterocycles. The molecule has 0 spiro atoms. The van der Waals surface area contributed by atoms with Crippen molar-refractivity contribution >= 4 is 56.0 Å². The summed E-state index contributed by atoms with van der Waals surface area (Å²) in [5.41, 5.74) is 1.58. The van der Waals surface area contributed by atoms with E-state index in [1.54, 1.807) is 16.7 Å². The Labute approximate surface area is 166 Å². The Balaban J connectivity index is 2.01.